The summed E-state index contributed by atoms with van der Waals surface area (Å²) < 4.78 is 0. The van der Waals surface area contributed by atoms with Crippen LogP contribution in [0, 0.1) is 6.92 Å². The second-order valence-electron chi connectivity index (χ2n) is 4.74. The Morgan fingerprint density at radius 2 is 1.79 bits per heavy atom. The van der Waals surface area contributed by atoms with Crippen LogP contribution in [0.3, 0.4) is 0 Å². The van der Waals surface area contributed by atoms with Crippen LogP contribution in [0.15, 0.2) is 58.3 Å². The van der Waals surface area contributed by atoms with E-state index in [1.54, 1.807) is 0 Å². The Labute approximate surface area is 120 Å². The van der Waals surface area contributed by atoms with Gasteiger partial charge in [0.25, 0.3) is 0 Å². The molecular formula is C17H21NS. The fourth-order valence-corrected chi connectivity index (χ4v) is 3.13. The molecule has 100 valence electrons. The lowest BCUT2D eigenvalue weighted by atomic mass is 10.1. The maximum Gasteiger partial charge on any atom is 0.0314 e. The van der Waals surface area contributed by atoms with Crippen molar-refractivity contribution in [3.63, 3.8) is 0 Å². The first kappa shape index (κ1) is 14.2. The highest BCUT2D eigenvalue weighted by atomic mass is 32.2. The molecule has 2 rings (SSSR count). The zero-order chi connectivity index (χ0) is 13.7. The summed E-state index contributed by atoms with van der Waals surface area (Å²) in [5.41, 5.74) is 2.67. The standard InChI is InChI=1S/C17H21NS/c1-4-17(18-3)14-8-10-15(11-9-14)19-16-7-5-6-13(2)12-16/h5-12,17-18H,4H2,1-3H3. The Hall–Kier alpha value is -1.25. The van der Waals surface area contributed by atoms with Gasteiger partial charge in [-0.15, -0.1) is 0 Å². The van der Waals surface area contributed by atoms with E-state index in [0.717, 1.165) is 6.42 Å². The Balaban J connectivity index is 2.10. The third-order valence-corrected chi connectivity index (χ3v) is 4.26. The van der Waals surface area contributed by atoms with Crippen LogP contribution >= 0.6 is 11.8 Å². The average Bonchev–Trinajstić information content (AvgIpc) is 2.42. The molecule has 0 heterocycles. The van der Waals surface area contributed by atoms with Crippen LogP contribution in [0.4, 0.5) is 0 Å². The molecule has 2 aromatic rings. The molecule has 0 spiro atoms. The zero-order valence-corrected chi connectivity index (χ0v) is 12.6. The molecule has 0 amide bonds. The lowest BCUT2D eigenvalue weighted by Crippen LogP contribution is -2.14. The van der Waals surface area contributed by atoms with Crippen LogP contribution in [0.1, 0.15) is 30.5 Å². The predicted molar refractivity (Wildman–Crippen MR) is 83.8 cm³/mol. The van der Waals surface area contributed by atoms with Crippen molar-refractivity contribution in [3.8, 4) is 0 Å². The van der Waals surface area contributed by atoms with Crippen molar-refractivity contribution in [1.82, 2.24) is 5.32 Å². The summed E-state index contributed by atoms with van der Waals surface area (Å²) in [7, 11) is 2.02. The highest BCUT2D eigenvalue weighted by molar-refractivity contribution is 7.99. The van der Waals surface area contributed by atoms with Crippen molar-refractivity contribution < 1.29 is 0 Å². The van der Waals surface area contributed by atoms with Crippen LogP contribution < -0.4 is 5.32 Å². The molecule has 0 fully saturated rings. The van der Waals surface area contributed by atoms with Gasteiger partial charge in [-0.3, -0.25) is 0 Å². The Bertz CT molecular complexity index is 515. The number of benzene rings is 2. The summed E-state index contributed by atoms with van der Waals surface area (Å²) in [5, 5.41) is 3.34. The van der Waals surface area contributed by atoms with Crippen LogP contribution in [0.25, 0.3) is 0 Å². The van der Waals surface area contributed by atoms with Crippen molar-refractivity contribution in [2.45, 2.75) is 36.1 Å². The highest BCUT2D eigenvalue weighted by Crippen LogP contribution is 2.29. The van der Waals surface area contributed by atoms with Gasteiger partial charge >= 0.3 is 0 Å². The topological polar surface area (TPSA) is 12.0 Å². The van der Waals surface area contributed by atoms with E-state index in [9.17, 15) is 0 Å². The number of hydrogen-bond donors (Lipinski definition) is 1. The highest BCUT2D eigenvalue weighted by Gasteiger charge is 2.06. The minimum absolute atomic E-state index is 0.456. The summed E-state index contributed by atoms with van der Waals surface area (Å²) in [4.78, 5) is 2.59. The second-order valence-corrected chi connectivity index (χ2v) is 5.88. The first-order valence-electron chi connectivity index (χ1n) is 6.74. The van der Waals surface area contributed by atoms with Crippen molar-refractivity contribution in [2.75, 3.05) is 7.05 Å². The van der Waals surface area contributed by atoms with Gasteiger partial charge in [0.15, 0.2) is 0 Å². The van der Waals surface area contributed by atoms with Gasteiger partial charge < -0.3 is 5.32 Å². The van der Waals surface area contributed by atoms with E-state index < -0.39 is 0 Å². The molecule has 0 saturated carbocycles. The third-order valence-electron chi connectivity index (χ3n) is 3.26. The Kier molecular flexibility index (Phi) is 5.06. The quantitative estimate of drug-likeness (QED) is 0.837. The first-order chi connectivity index (χ1) is 9.22. The fourth-order valence-electron chi connectivity index (χ4n) is 2.19. The molecular weight excluding hydrogens is 250 g/mol. The molecule has 0 bridgehead atoms. The van der Waals surface area contributed by atoms with Gasteiger partial charge in [-0.1, -0.05) is 48.5 Å². The molecule has 1 unspecified atom stereocenters. The van der Waals surface area contributed by atoms with Gasteiger partial charge in [-0.2, -0.15) is 0 Å². The number of aryl methyl sites for hydroxylation is 1. The minimum atomic E-state index is 0.456. The molecule has 1 atom stereocenters. The average molecular weight is 271 g/mol. The molecule has 0 aromatic heterocycles. The summed E-state index contributed by atoms with van der Waals surface area (Å²) >= 11 is 1.82. The van der Waals surface area contributed by atoms with Crippen molar-refractivity contribution in [3.05, 3.63) is 59.7 Å². The van der Waals surface area contributed by atoms with Crippen LogP contribution in [0.5, 0.6) is 0 Å². The van der Waals surface area contributed by atoms with E-state index in [2.05, 4.69) is 67.7 Å². The smallest absolute Gasteiger partial charge is 0.0314 e. The minimum Gasteiger partial charge on any atom is -0.313 e. The maximum atomic E-state index is 3.34. The van der Waals surface area contributed by atoms with Crippen molar-refractivity contribution in [2.24, 2.45) is 0 Å². The lowest BCUT2D eigenvalue weighted by molar-refractivity contribution is 0.576. The van der Waals surface area contributed by atoms with Gasteiger partial charge in [0.05, 0.1) is 0 Å². The monoisotopic (exact) mass is 271 g/mol. The fraction of sp³-hybridized carbons (Fsp3) is 0.294. The Morgan fingerprint density at radius 3 is 2.37 bits per heavy atom. The van der Waals surface area contributed by atoms with Crippen molar-refractivity contribution in [1.29, 1.82) is 0 Å². The molecule has 19 heavy (non-hydrogen) atoms. The molecule has 0 saturated heterocycles. The molecule has 0 radical (unpaired) electrons. The number of hydrogen-bond acceptors (Lipinski definition) is 2. The van der Waals surface area contributed by atoms with Gasteiger partial charge in [0, 0.05) is 15.8 Å². The van der Waals surface area contributed by atoms with Gasteiger partial charge in [0.2, 0.25) is 0 Å². The van der Waals surface area contributed by atoms with Crippen LogP contribution in [-0.2, 0) is 0 Å². The molecule has 2 aromatic carbocycles. The van der Waals surface area contributed by atoms with E-state index >= 15 is 0 Å². The SMILES string of the molecule is CCC(NC)c1ccc(Sc2cccc(C)c2)cc1. The largest absolute Gasteiger partial charge is 0.313 e. The molecule has 2 heteroatoms. The maximum absolute atomic E-state index is 3.34. The lowest BCUT2D eigenvalue weighted by Gasteiger charge is -2.14. The second kappa shape index (κ2) is 6.78. The normalized spacial score (nSPS) is 12.4. The van der Waals surface area contributed by atoms with Crippen LogP contribution in [-0.4, -0.2) is 7.05 Å². The van der Waals surface area contributed by atoms with E-state index in [0.29, 0.717) is 6.04 Å². The molecule has 1 N–H and O–H groups in total. The van der Waals surface area contributed by atoms with E-state index in [1.165, 1.54) is 20.9 Å². The number of rotatable bonds is 5. The van der Waals surface area contributed by atoms with Gasteiger partial charge in [-0.05, 0) is 50.2 Å². The molecule has 0 aliphatic rings. The first-order valence-corrected chi connectivity index (χ1v) is 7.56. The summed E-state index contributed by atoms with van der Waals surface area (Å²) in [6, 6.07) is 18.0. The van der Waals surface area contributed by atoms with E-state index in [1.807, 2.05) is 18.8 Å². The zero-order valence-electron chi connectivity index (χ0n) is 11.8. The Morgan fingerprint density at radius 1 is 1.05 bits per heavy atom. The summed E-state index contributed by atoms with van der Waals surface area (Å²) in [5.74, 6) is 0. The summed E-state index contributed by atoms with van der Waals surface area (Å²) in [6.07, 6.45) is 1.11. The number of nitrogens with one attached hydrogen (secondary N) is 1. The predicted octanol–water partition coefficient (Wildman–Crippen LogP) is 4.82. The van der Waals surface area contributed by atoms with E-state index in [4.69, 9.17) is 0 Å². The van der Waals surface area contributed by atoms with Gasteiger partial charge in [0.1, 0.15) is 0 Å². The van der Waals surface area contributed by atoms with Gasteiger partial charge in [-0.25, -0.2) is 0 Å². The summed E-state index contributed by atoms with van der Waals surface area (Å²) in [6.45, 7) is 4.34. The van der Waals surface area contributed by atoms with Crippen molar-refractivity contribution >= 4 is 11.8 Å². The molecule has 0 aliphatic heterocycles. The van der Waals surface area contributed by atoms with E-state index in [-0.39, 0.29) is 0 Å². The third kappa shape index (κ3) is 3.85. The van der Waals surface area contributed by atoms with Crippen LogP contribution in [0.2, 0.25) is 0 Å². The molecule has 1 nitrogen and oxygen atoms in total. The molecule has 0 aliphatic carbocycles.